The fraction of sp³-hybridized carbons (Fsp3) is 0.459. The number of hydrogen-bond donors (Lipinski definition) is 2. The monoisotopic (exact) mass is 729 g/mol. The van der Waals surface area contributed by atoms with Gasteiger partial charge < -0.3 is 34.6 Å². The Bertz CT molecular complexity index is 2010. The van der Waals surface area contributed by atoms with E-state index in [9.17, 15) is 18.5 Å². The summed E-state index contributed by atoms with van der Waals surface area (Å²) in [6.07, 6.45) is 5.70. The number of methoxy groups -OCH3 is 2. The van der Waals surface area contributed by atoms with Crippen molar-refractivity contribution in [3.05, 3.63) is 71.4 Å². The highest BCUT2D eigenvalue weighted by atomic mass is 32.2. The standard InChI is InChI=1S/C37H43N7O7S/c1-4-51-33-28(6-5-15-40-33)37(41-35(46)43-23-36(24-43)13-18-42(19-14-36)26-11-16-39-17-12-26)29-20-25(22-38)7-9-30(29)44(34(37)45)52(47,48)32-10-8-27(49-2)21-31(32)50-3/h5-10,15,20-21,26,39H,4,11-14,16-19,23-24H2,1-3H3,(H,41,46). The molecule has 14 nitrogen and oxygen atoms in total. The summed E-state index contributed by atoms with van der Waals surface area (Å²) in [7, 11) is -1.93. The summed E-state index contributed by atoms with van der Waals surface area (Å²) in [6, 6.07) is 13.7. The number of carbonyl (C=O) groups is 2. The lowest BCUT2D eigenvalue weighted by Crippen LogP contribution is -2.67. The Morgan fingerprint density at radius 1 is 1.06 bits per heavy atom. The molecular formula is C37H43N7O7S. The number of nitrogens with one attached hydrogen (secondary N) is 2. The van der Waals surface area contributed by atoms with Crippen LogP contribution in [0, 0.1) is 16.7 Å². The van der Waals surface area contributed by atoms with Crippen molar-refractivity contribution in [3.63, 3.8) is 0 Å². The van der Waals surface area contributed by atoms with Crippen LogP contribution in [0.4, 0.5) is 10.5 Å². The quantitative estimate of drug-likeness (QED) is 0.332. The molecule has 3 fully saturated rings. The molecule has 3 aromatic rings. The number of piperidine rings is 2. The molecule has 1 aromatic heterocycles. The van der Waals surface area contributed by atoms with Gasteiger partial charge >= 0.3 is 6.03 Å². The number of ether oxygens (including phenoxy) is 3. The molecule has 2 N–H and O–H groups in total. The highest BCUT2D eigenvalue weighted by Crippen LogP contribution is 2.50. The van der Waals surface area contributed by atoms with Crippen LogP contribution >= 0.6 is 0 Å². The SMILES string of the molecule is CCOc1ncccc1C1(NC(=O)N2CC3(CCN(C4CCNCC4)CC3)C2)C(=O)N(S(=O)(=O)c2ccc(OC)cc2OC)c2ccc(C#N)cc21. The Labute approximate surface area is 303 Å². The summed E-state index contributed by atoms with van der Waals surface area (Å²) >= 11 is 0. The van der Waals surface area contributed by atoms with Gasteiger partial charge in [-0.3, -0.25) is 4.79 Å². The Balaban J connectivity index is 1.27. The number of fused-ring (bicyclic) bond motifs is 1. The summed E-state index contributed by atoms with van der Waals surface area (Å²) in [6.45, 7) is 6.97. The van der Waals surface area contributed by atoms with Crippen LogP contribution in [0.2, 0.25) is 0 Å². The summed E-state index contributed by atoms with van der Waals surface area (Å²) in [5.41, 5.74) is -1.79. The third-order valence-corrected chi connectivity index (χ3v) is 12.7. The number of nitrogens with zero attached hydrogens (tertiary/aromatic N) is 5. The van der Waals surface area contributed by atoms with E-state index in [1.165, 1.54) is 56.8 Å². The number of pyridine rings is 1. The fourth-order valence-corrected chi connectivity index (χ4v) is 9.77. The number of nitriles is 1. The molecule has 3 amide bonds. The Morgan fingerprint density at radius 3 is 2.48 bits per heavy atom. The lowest BCUT2D eigenvalue weighted by atomic mass is 9.71. The van der Waals surface area contributed by atoms with Gasteiger partial charge in [0, 0.05) is 42.4 Å². The molecular weight excluding hydrogens is 687 g/mol. The van der Waals surface area contributed by atoms with Crippen LogP contribution in [-0.2, 0) is 20.4 Å². The average Bonchev–Trinajstić information content (AvgIpc) is 3.41. The fourth-order valence-electron chi connectivity index (χ4n) is 8.16. The van der Waals surface area contributed by atoms with E-state index >= 15 is 4.79 Å². The van der Waals surface area contributed by atoms with E-state index in [0.29, 0.717) is 29.2 Å². The minimum Gasteiger partial charge on any atom is -0.497 e. The first-order chi connectivity index (χ1) is 25.1. The molecule has 0 aliphatic carbocycles. The van der Waals surface area contributed by atoms with Gasteiger partial charge in [0.1, 0.15) is 16.4 Å². The number of sulfonamides is 1. The van der Waals surface area contributed by atoms with Crippen molar-refractivity contribution in [2.24, 2.45) is 5.41 Å². The van der Waals surface area contributed by atoms with Gasteiger partial charge in [0.25, 0.3) is 15.9 Å². The lowest BCUT2D eigenvalue weighted by Gasteiger charge is -2.55. The van der Waals surface area contributed by atoms with E-state index in [1.54, 1.807) is 24.0 Å². The number of carbonyl (C=O) groups excluding carboxylic acids is 2. The Kier molecular flexibility index (Phi) is 9.49. The normalized spacial score (nSPS) is 21.6. The van der Waals surface area contributed by atoms with Gasteiger partial charge in [-0.25, -0.2) is 18.2 Å². The first-order valence-electron chi connectivity index (χ1n) is 17.6. The van der Waals surface area contributed by atoms with Crippen LogP contribution in [0.25, 0.3) is 0 Å². The zero-order chi connectivity index (χ0) is 36.7. The van der Waals surface area contributed by atoms with Gasteiger partial charge in [0.15, 0.2) is 5.54 Å². The summed E-state index contributed by atoms with van der Waals surface area (Å²) in [5.74, 6) is -0.635. The van der Waals surface area contributed by atoms with Crippen LogP contribution in [0.1, 0.15) is 49.3 Å². The van der Waals surface area contributed by atoms with E-state index in [4.69, 9.17) is 14.2 Å². The van der Waals surface area contributed by atoms with E-state index < -0.39 is 27.5 Å². The summed E-state index contributed by atoms with van der Waals surface area (Å²) < 4.78 is 46.6. The van der Waals surface area contributed by atoms with Crippen LogP contribution in [0.3, 0.4) is 0 Å². The van der Waals surface area contributed by atoms with Crippen molar-refractivity contribution in [1.82, 2.24) is 25.4 Å². The molecule has 1 spiro atoms. The van der Waals surface area contributed by atoms with E-state index in [1.807, 2.05) is 0 Å². The third kappa shape index (κ3) is 5.88. The predicted molar refractivity (Wildman–Crippen MR) is 191 cm³/mol. The molecule has 15 heteroatoms. The van der Waals surface area contributed by atoms with Crippen molar-refractivity contribution in [2.45, 2.75) is 49.1 Å². The summed E-state index contributed by atoms with van der Waals surface area (Å²) in [5, 5.41) is 16.4. The Morgan fingerprint density at radius 2 is 1.81 bits per heavy atom. The van der Waals surface area contributed by atoms with Crippen LogP contribution in [0.5, 0.6) is 17.4 Å². The van der Waals surface area contributed by atoms with Gasteiger partial charge in [-0.2, -0.15) is 9.57 Å². The number of anilines is 1. The van der Waals surface area contributed by atoms with Crippen molar-refractivity contribution in [2.75, 3.05) is 64.4 Å². The zero-order valence-corrected chi connectivity index (χ0v) is 30.4. The highest BCUT2D eigenvalue weighted by molar-refractivity contribution is 7.93. The lowest BCUT2D eigenvalue weighted by molar-refractivity contribution is -0.121. The number of likely N-dealkylation sites (tertiary alicyclic amines) is 2. The van der Waals surface area contributed by atoms with Crippen molar-refractivity contribution in [1.29, 1.82) is 5.26 Å². The highest BCUT2D eigenvalue weighted by Gasteiger charge is 2.60. The molecule has 3 saturated heterocycles. The van der Waals surface area contributed by atoms with Crippen LogP contribution in [-0.4, -0.2) is 101 Å². The van der Waals surface area contributed by atoms with Gasteiger partial charge in [-0.15, -0.1) is 0 Å². The molecule has 1 unspecified atom stereocenters. The maximum absolute atomic E-state index is 15.2. The van der Waals surface area contributed by atoms with Gasteiger partial charge in [-0.1, -0.05) is 0 Å². The molecule has 5 heterocycles. The molecule has 2 aromatic carbocycles. The molecule has 0 bridgehead atoms. The first kappa shape index (κ1) is 35.5. The van der Waals surface area contributed by atoms with Crippen molar-refractivity contribution in [3.8, 4) is 23.4 Å². The largest absolute Gasteiger partial charge is 0.497 e. The molecule has 274 valence electrons. The Hall–Kier alpha value is -4.91. The molecule has 0 radical (unpaired) electrons. The molecule has 4 aliphatic rings. The second-order valence-electron chi connectivity index (χ2n) is 13.8. The average molecular weight is 730 g/mol. The van der Waals surface area contributed by atoms with Gasteiger partial charge in [-0.05, 0) is 101 Å². The maximum Gasteiger partial charge on any atom is 0.318 e. The van der Waals surface area contributed by atoms with E-state index in [2.05, 4.69) is 26.6 Å². The predicted octanol–water partition coefficient (Wildman–Crippen LogP) is 3.21. The minimum atomic E-state index is -4.69. The number of hydrogen-bond acceptors (Lipinski definition) is 11. The van der Waals surface area contributed by atoms with Gasteiger partial charge in [0.2, 0.25) is 5.88 Å². The number of amides is 3. The molecule has 7 rings (SSSR count). The maximum atomic E-state index is 15.2. The second kappa shape index (κ2) is 13.9. The smallest absolute Gasteiger partial charge is 0.318 e. The van der Waals surface area contributed by atoms with Crippen LogP contribution < -0.4 is 29.1 Å². The van der Waals surface area contributed by atoms with E-state index in [-0.39, 0.29) is 50.9 Å². The van der Waals surface area contributed by atoms with Crippen molar-refractivity contribution < 1.29 is 32.2 Å². The van der Waals surface area contributed by atoms with E-state index in [0.717, 1.165) is 51.9 Å². The van der Waals surface area contributed by atoms with Crippen LogP contribution in [0.15, 0.2) is 59.6 Å². The summed E-state index contributed by atoms with van der Waals surface area (Å²) in [4.78, 5) is 37.9. The number of benzene rings is 2. The number of aromatic nitrogens is 1. The molecule has 52 heavy (non-hydrogen) atoms. The number of rotatable bonds is 9. The van der Waals surface area contributed by atoms with Crippen molar-refractivity contribution >= 4 is 27.6 Å². The number of urea groups is 1. The first-order valence-corrected chi connectivity index (χ1v) is 19.0. The second-order valence-corrected chi connectivity index (χ2v) is 15.5. The molecule has 1 atom stereocenters. The molecule has 4 aliphatic heterocycles. The van der Waals surface area contributed by atoms with Gasteiger partial charge in [0.05, 0.1) is 43.7 Å². The minimum absolute atomic E-state index is 0.0232. The molecule has 0 saturated carbocycles. The zero-order valence-electron chi connectivity index (χ0n) is 29.6. The topological polar surface area (TPSA) is 166 Å². The third-order valence-electron chi connectivity index (χ3n) is 10.9.